The maximum absolute atomic E-state index is 2.46. The Kier molecular flexibility index (Phi) is 14.6. The zero-order valence-electron chi connectivity index (χ0n) is 53.3. The Hall–Kier alpha value is -11.7. The summed E-state index contributed by atoms with van der Waals surface area (Å²) in [5.41, 5.74) is 29.7. The summed E-state index contributed by atoms with van der Waals surface area (Å²) in [6.07, 6.45) is 0. The largest absolute Gasteiger partial charge is 0.310 e. The van der Waals surface area contributed by atoms with Crippen molar-refractivity contribution in [2.24, 2.45) is 0 Å². The van der Waals surface area contributed by atoms with E-state index in [4.69, 9.17) is 0 Å². The van der Waals surface area contributed by atoms with Crippen molar-refractivity contribution in [3.8, 4) is 55.6 Å². The highest BCUT2D eigenvalue weighted by atomic mass is 15.2. The van der Waals surface area contributed by atoms with Crippen molar-refractivity contribution in [1.29, 1.82) is 0 Å². The lowest BCUT2D eigenvalue weighted by Crippen LogP contribution is -2.31. The molecule has 4 nitrogen and oxygen atoms in total. The fraction of sp³-hybridized carbons (Fsp3) is 0.0667. The number of benzene rings is 14. The molecule has 94 heavy (non-hydrogen) atoms. The molecule has 450 valence electrons. The Morgan fingerprint density at radius 1 is 0.191 bits per heavy atom. The van der Waals surface area contributed by atoms with Crippen LogP contribution in [0.5, 0.6) is 0 Å². The fourth-order valence-electron chi connectivity index (χ4n) is 14.4. The predicted octanol–water partition coefficient (Wildman–Crippen LogP) is 25.2. The molecule has 0 fully saturated rings. The molecule has 0 saturated carbocycles. The van der Waals surface area contributed by atoms with E-state index in [1.54, 1.807) is 0 Å². The van der Waals surface area contributed by atoms with E-state index in [1.807, 2.05) is 0 Å². The smallest absolute Gasteiger partial charge is 0.0504 e. The number of rotatable bonds is 13. The van der Waals surface area contributed by atoms with Crippen molar-refractivity contribution in [1.82, 2.24) is 0 Å². The standard InChI is InChI=1S/C90H70N4/c1-89(2)81-59-71(65-27-15-7-16-28-65)43-55-85(81)93(77-49-39-67(40-50-77)63-23-11-5-12-24-63)87-57-53-79(61-83(87)89)91(73-31-19-9-20-32-73)75-45-35-69(36-46-75)70-37-47-76(48-38-70)92(74-33-21-10-22-34-74)80-54-58-88-84(62-80)90(3,4)82-60-72(66-29-17-8-18-30-66)44-56-86(82)94(88)78-51-41-68(42-52-78)64-25-13-6-14-26-64/h5-62H,1-4H3. The van der Waals surface area contributed by atoms with E-state index in [0.29, 0.717) is 0 Å². The van der Waals surface area contributed by atoms with Gasteiger partial charge in [0.1, 0.15) is 0 Å². The molecule has 0 saturated heterocycles. The van der Waals surface area contributed by atoms with Gasteiger partial charge < -0.3 is 19.6 Å². The highest BCUT2D eigenvalue weighted by Gasteiger charge is 2.40. The summed E-state index contributed by atoms with van der Waals surface area (Å²) in [7, 11) is 0. The molecule has 14 aromatic rings. The number of nitrogens with zero attached hydrogens (tertiary/aromatic N) is 4. The third-order valence-corrected chi connectivity index (χ3v) is 19.4. The zero-order valence-corrected chi connectivity index (χ0v) is 53.3. The SMILES string of the molecule is CC1(C)c2cc(-c3ccccc3)ccc2N(c2ccc(-c3ccccc3)cc2)c2ccc(N(c3ccccc3)c3ccc(-c4ccc(N(c5ccccc5)c5ccc6c(c5)C(C)(C)c5cc(-c7ccccc7)ccc5N6c5ccc(-c6ccccc6)cc5)cc4)cc3)cc21. The molecule has 0 N–H and O–H groups in total. The number of fused-ring (bicyclic) bond motifs is 4. The van der Waals surface area contributed by atoms with Crippen LogP contribution < -0.4 is 19.6 Å². The van der Waals surface area contributed by atoms with Gasteiger partial charge in [0.25, 0.3) is 0 Å². The molecule has 0 atom stereocenters. The third-order valence-electron chi connectivity index (χ3n) is 19.4. The first-order chi connectivity index (χ1) is 46.1. The summed E-state index contributed by atoms with van der Waals surface area (Å²) in [4.78, 5) is 9.72. The minimum absolute atomic E-state index is 0.353. The number of para-hydroxylation sites is 2. The van der Waals surface area contributed by atoms with Crippen LogP contribution in [0.3, 0.4) is 0 Å². The van der Waals surface area contributed by atoms with Gasteiger partial charge in [-0.05, 0) is 211 Å². The average molecular weight is 1210 g/mol. The third kappa shape index (κ3) is 10.4. The molecular weight excluding hydrogens is 1140 g/mol. The summed E-state index contributed by atoms with van der Waals surface area (Å²) in [6, 6.07) is 129. The molecule has 0 radical (unpaired) electrons. The minimum atomic E-state index is -0.353. The molecule has 0 unspecified atom stereocenters. The van der Waals surface area contributed by atoms with E-state index in [2.05, 4.69) is 399 Å². The molecule has 0 bridgehead atoms. The van der Waals surface area contributed by atoms with Crippen LogP contribution in [0.1, 0.15) is 49.9 Å². The van der Waals surface area contributed by atoms with Gasteiger partial charge in [-0.1, -0.05) is 246 Å². The van der Waals surface area contributed by atoms with Crippen LogP contribution in [-0.4, -0.2) is 0 Å². The van der Waals surface area contributed by atoms with Crippen LogP contribution in [-0.2, 0) is 10.8 Å². The lowest BCUT2D eigenvalue weighted by atomic mass is 9.72. The normalized spacial score (nSPS) is 13.2. The quantitative estimate of drug-likeness (QED) is 0.114. The summed E-state index contributed by atoms with van der Waals surface area (Å²) in [5, 5.41) is 0. The molecule has 0 spiro atoms. The Morgan fingerprint density at radius 2 is 0.404 bits per heavy atom. The topological polar surface area (TPSA) is 13.0 Å². The van der Waals surface area contributed by atoms with Crippen molar-refractivity contribution in [3.63, 3.8) is 0 Å². The van der Waals surface area contributed by atoms with Gasteiger partial charge in [-0.3, -0.25) is 0 Å². The van der Waals surface area contributed by atoms with E-state index in [1.165, 1.54) is 89.5 Å². The first-order valence-corrected chi connectivity index (χ1v) is 32.6. The van der Waals surface area contributed by atoms with Crippen molar-refractivity contribution in [2.75, 3.05) is 19.6 Å². The van der Waals surface area contributed by atoms with Crippen LogP contribution in [0.15, 0.2) is 352 Å². The monoisotopic (exact) mass is 1210 g/mol. The lowest BCUT2D eigenvalue weighted by Gasteiger charge is -2.43. The van der Waals surface area contributed by atoms with Crippen molar-refractivity contribution in [3.05, 3.63) is 374 Å². The van der Waals surface area contributed by atoms with E-state index < -0.39 is 0 Å². The van der Waals surface area contributed by atoms with Crippen LogP contribution in [0.2, 0.25) is 0 Å². The summed E-state index contributed by atoms with van der Waals surface area (Å²) < 4.78 is 0. The van der Waals surface area contributed by atoms with Gasteiger partial charge in [0.15, 0.2) is 0 Å². The second kappa shape index (κ2) is 23.8. The number of anilines is 12. The van der Waals surface area contributed by atoms with E-state index in [9.17, 15) is 0 Å². The minimum Gasteiger partial charge on any atom is -0.310 e. The maximum atomic E-state index is 2.46. The van der Waals surface area contributed by atoms with E-state index in [0.717, 1.165) is 56.6 Å². The first kappa shape index (κ1) is 57.4. The van der Waals surface area contributed by atoms with Gasteiger partial charge >= 0.3 is 0 Å². The lowest BCUT2D eigenvalue weighted by molar-refractivity contribution is 0.632. The van der Waals surface area contributed by atoms with E-state index >= 15 is 0 Å². The van der Waals surface area contributed by atoms with Crippen molar-refractivity contribution in [2.45, 2.75) is 38.5 Å². The van der Waals surface area contributed by atoms with Crippen LogP contribution in [0, 0.1) is 0 Å². The van der Waals surface area contributed by atoms with Gasteiger partial charge in [-0.2, -0.15) is 0 Å². The van der Waals surface area contributed by atoms with Gasteiger partial charge in [0.2, 0.25) is 0 Å². The van der Waals surface area contributed by atoms with Crippen LogP contribution >= 0.6 is 0 Å². The van der Waals surface area contributed by atoms with Crippen LogP contribution in [0.25, 0.3) is 55.6 Å². The second-order valence-corrected chi connectivity index (χ2v) is 25.8. The molecule has 0 aliphatic carbocycles. The molecule has 2 aliphatic heterocycles. The Bertz CT molecular complexity index is 4690. The molecule has 4 heteroatoms. The summed E-state index contributed by atoms with van der Waals surface area (Å²) in [6.45, 7) is 9.55. The molecule has 2 aliphatic rings. The number of hydrogen-bond acceptors (Lipinski definition) is 4. The molecule has 2 heterocycles. The Labute approximate surface area is 552 Å². The molecular formula is C90H70N4. The molecule has 0 aromatic heterocycles. The average Bonchev–Trinajstić information content (AvgIpc) is 0.725. The molecule has 14 aromatic carbocycles. The number of hydrogen-bond donors (Lipinski definition) is 0. The highest BCUT2D eigenvalue weighted by Crippen LogP contribution is 2.57. The first-order valence-electron chi connectivity index (χ1n) is 32.6. The van der Waals surface area contributed by atoms with Gasteiger partial charge in [-0.25, -0.2) is 0 Å². The van der Waals surface area contributed by atoms with Gasteiger partial charge in [-0.15, -0.1) is 0 Å². The van der Waals surface area contributed by atoms with E-state index in [-0.39, 0.29) is 10.8 Å². The maximum Gasteiger partial charge on any atom is 0.0504 e. The van der Waals surface area contributed by atoms with Crippen molar-refractivity contribution < 1.29 is 0 Å². The predicted molar refractivity (Wildman–Crippen MR) is 397 cm³/mol. The molecule has 0 amide bonds. The molecule has 16 rings (SSSR count). The summed E-state index contributed by atoms with van der Waals surface area (Å²) in [5.74, 6) is 0. The fourth-order valence-corrected chi connectivity index (χ4v) is 14.4. The Morgan fingerprint density at radius 3 is 0.713 bits per heavy atom. The van der Waals surface area contributed by atoms with Crippen LogP contribution in [0.4, 0.5) is 68.2 Å². The van der Waals surface area contributed by atoms with Gasteiger partial charge in [0, 0.05) is 56.3 Å². The van der Waals surface area contributed by atoms with Gasteiger partial charge in [0.05, 0.1) is 22.7 Å². The second-order valence-electron chi connectivity index (χ2n) is 25.8. The highest BCUT2D eigenvalue weighted by molar-refractivity contribution is 5.93. The zero-order chi connectivity index (χ0) is 63.3. The summed E-state index contributed by atoms with van der Waals surface area (Å²) >= 11 is 0. The van der Waals surface area contributed by atoms with Crippen molar-refractivity contribution >= 4 is 68.2 Å². The Balaban J connectivity index is 0.744.